The van der Waals surface area contributed by atoms with Gasteiger partial charge < -0.3 is 20.9 Å². The van der Waals surface area contributed by atoms with E-state index < -0.39 is 0 Å². The molecule has 1 aliphatic heterocycles. The minimum atomic E-state index is -0.199. The Morgan fingerprint density at radius 2 is 1.85 bits per heavy atom. The van der Waals surface area contributed by atoms with E-state index in [2.05, 4.69) is 32.8 Å². The Hall–Kier alpha value is -1.62. The molecule has 0 bridgehead atoms. The number of hydrogen-bond acceptors (Lipinski definition) is 4. The van der Waals surface area contributed by atoms with Gasteiger partial charge in [-0.05, 0) is 57.7 Å². The number of hydrogen-bond donors (Lipinski definition) is 3. The number of amides is 1. The SMILES string of the molecule is CCCNC(=O)CN1CCC(NC(=NCc2ccc(N(CC)CC)c(F)c2)NCC)CC1.I. The molecule has 188 valence electrons. The van der Waals surface area contributed by atoms with Crippen LogP contribution >= 0.6 is 24.0 Å². The number of benzene rings is 1. The zero-order chi connectivity index (χ0) is 23.3. The number of guanidine groups is 1. The molecule has 1 saturated heterocycles. The standard InChI is InChI=1S/C24H41FN6O.HI/c1-5-13-27-23(32)18-30-14-11-20(12-15-30)29-24(26-6-2)28-17-19-9-10-22(21(25)16-19)31(7-3)8-4;/h9-10,16,20H,5-8,11-15,17-18H2,1-4H3,(H,27,32)(H2,26,28,29);1H. The fourth-order valence-corrected chi connectivity index (χ4v) is 3.91. The maximum Gasteiger partial charge on any atom is 0.234 e. The van der Waals surface area contributed by atoms with E-state index in [0.717, 1.165) is 70.1 Å². The summed E-state index contributed by atoms with van der Waals surface area (Å²) in [5.74, 6) is 0.655. The zero-order valence-corrected chi connectivity index (χ0v) is 23.0. The van der Waals surface area contributed by atoms with E-state index in [0.29, 0.717) is 24.8 Å². The predicted molar refractivity (Wildman–Crippen MR) is 146 cm³/mol. The van der Waals surface area contributed by atoms with Crippen LogP contribution in [0, 0.1) is 5.82 Å². The Balaban J connectivity index is 0.00000544. The van der Waals surface area contributed by atoms with Crippen molar-refractivity contribution in [2.24, 2.45) is 4.99 Å². The van der Waals surface area contributed by atoms with Crippen molar-refractivity contribution in [2.45, 2.75) is 59.5 Å². The van der Waals surface area contributed by atoms with Crippen LogP contribution in [0.25, 0.3) is 0 Å². The molecule has 1 amide bonds. The number of piperidine rings is 1. The van der Waals surface area contributed by atoms with E-state index in [1.807, 2.05) is 37.8 Å². The summed E-state index contributed by atoms with van der Waals surface area (Å²) in [5, 5.41) is 9.73. The summed E-state index contributed by atoms with van der Waals surface area (Å²) >= 11 is 0. The predicted octanol–water partition coefficient (Wildman–Crippen LogP) is 3.34. The molecule has 0 radical (unpaired) electrons. The Labute approximate surface area is 216 Å². The van der Waals surface area contributed by atoms with Crippen molar-refractivity contribution in [1.82, 2.24) is 20.9 Å². The number of rotatable bonds is 11. The second kappa shape index (κ2) is 16.1. The molecule has 1 fully saturated rings. The third kappa shape index (κ3) is 10.0. The van der Waals surface area contributed by atoms with Crippen LogP contribution < -0.4 is 20.9 Å². The van der Waals surface area contributed by atoms with Gasteiger partial charge in [-0.15, -0.1) is 24.0 Å². The van der Waals surface area contributed by atoms with E-state index in [1.54, 1.807) is 6.07 Å². The first-order valence-corrected chi connectivity index (χ1v) is 12.1. The molecule has 2 rings (SSSR count). The Bertz CT molecular complexity index is 736. The fraction of sp³-hybridized carbons (Fsp3) is 0.667. The lowest BCUT2D eigenvalue weighted by molar-refractivity contribution is -0.122. The van der Waals surface area contributed by atoms with Crippen molar-refractivity contribution in [3.8, 4) is 0 Å². The molecule has 1 aliphatic rings. The fourth-order valence-electron chi connectivity index (χ4n) is 3.91. The number of carbonyl (C=O) groups is 1. The van der Waals surface area contributed by atoms with Crippen molar-refractivity contribution in [1.29, 1.82) is 0 Å². The Kier molecular flexibility index (Phi) is 14.3. The van der Waals surface area contributed by atoms with Crippen molar-refractivity contribution in [3.63, 3.8) is 0 Å². The van der Waals surface area contributed by atoms with Crippen molar-refractivity contribution < 1.29 is 9.18 Å². The van der Waals surface area contributed by atoms with Crippen LogP contribution in [0.5, 0.6) is 0 Å². The molecule has 0 saturated carbocycles. The molecular formula is C24H42FIN6O. The van der Waals surface area contributed by atoms with Crippen molar-refractivity contribution in [2.75, 3.05) is 50.7 Å². The normalized spacial score (nSPS) is 15.0. The molecule has 0 atom stereocenters. The van der Waals surface area contributed by atoms with Crippen LogP contribution in [0.1, 0.15) is 52.5 Å². The largest absolute Gasteiger partial charge is 0.370 e. The minimum absolute atomic E-state index is 0. The van der Waals surface area contributed by atoms with Gasteiger partial charge in [-0.3, -0.25) is 9.69 Å². The molecule has 7 nitrogen and oxygen atoms in total. The van der Waals surface area contributed by atoms with Crippen LogP contribution in [-0.2, 0) is 11.3 Å². The molecule has 33 heavy (non-hydrogen) atoms. The molecule has 0 aromatic heterocycles. The lowest BCUT2D eigenvalue weighted by Crippen LogP contribution is -2.50. The molecule has 1 aromatic carbocycles. The number of aliphatic imine (C=N–C) groups is 1. The highest BCUT2D eigenvalue weighted by atomic mass is 127. The number of carbonyl (C=O) groups excluding carboxylic acids is 1. The summed E-state index contributed by atoms with van der Waals surface area (Å²) in [6.07, 6.45) is 2.87. The first-order chi connectivity index (χ1) is 15.5. The Morgan fingerprint density at radius 1 is 1.15 bits per heavy atom. The summed E-state index contributed by atoms with van der Waals surface area (Å²) in [7, 11) is 0. The highest BCUT2D eigenvalue weighted by molar-refractivity contribution is 14.0. The van der Waals surface area contributed by atoms with E-state index in [-0.39, 0.29) is 35.7 Å². The number of nitrogens with one attached hydrogen (secondary N) is 3. The van der Waals surface area contributed by atoms with Crippen LogP contribution in [-0.4, -0.2) is 68.6 Å². The summed E-state index contributed by atoms with van der Waals surface area (Å²) in [6, 6.07) is 5.69. The second-order valence-corrected chi connectivity index (χ2v) is 8.20. The number of halogens is 2. The molecule has 0 unspecified atom stereocenters. The average molecular weight is 577 g/mol. The third-order valence-electron chi connectivity index (χ3n) is 5.75. The van der Waals surface area contributed by atoms with Gasteiger partial charge in [0, 0.05) is 45.3 Å². The first-order valence-electron chi connectivity index (χ1n) is 12.1. The number of likely N-dealkylation sites (tertiary alicyclic amines) is 1. The molecule has 9 heteroatoms. The quantitative estimate of drug-likeness (QED) is 0.214. The van der Waals surface area contributed by atoms with Gasteiger partial charge in [0.15, 0.2) is 5.96 Å². The van der Waals surface area contributed by atoms with Crippen molar-refractivity contribution >= 4 is 41.5 Å². The van der Waals surface area contributed by atoms with E-state index in [4.69, 9.17) is 0 Å². The van der Waals surface area contributed by atoms with Crippen LogP contribution in [0.15, 0.2) is 23.2 Å². The lowest BCUT2D eigenvalue weighted by Gasteiger charge is -2.32. The zero-order valence-electron chi connectivity index (χ0n) is 20.6. The van der Waals surface area contributed by atoms with Crippen molar-refractivity contribution in [3.05, 3.63) is 29.6 Å². The minimum Gasteiger partial charge on any atom is -0.370 e. The molecule has 0 spiro atoms. The van der Waals surface area contributed by atoms with E-state index in [1.165, 1.54) is 0 Å². The molecule has 1 aromatic rings. The van der Waals surface area contributed by atoms with Gasteiger partial charge in [0.25, 0.3) is 0 Å². The van der Waals surface area contributed by atoms with E-state index >= 15 is 0 Å². The first kappa shape index (κ1) is 29.4. The molecule has 3 N–H and O–H groups in total. The van der Waals surface area contributed by atoms with Crippen LogP contribution in [0.2, 0.25) is 0 Å². The number of nitrogens with zero attached hydrogens (tertiary/aromatic N) is 3. The van der Waals surface area contributed by atoms with Crippen LogP contribution in [0.3, 0.4) is 0 Å². The summed E-state index contributed by atoms with van der Waals surface area (Å²) in [4.78, 5) is 20.8. The second-order valence-electron chi connectivity index (χ2n) is 8.20. The van der Waals surface area contributed by atoms with E-state index in [9.17, 15) is 9.18 Å². The number of anilines is 1. The highest BCUT2D eigenvalue weighted by Crippen LogP contribution is 2.20. The molecule has 1 heterocycles. The topological polar surface area (TPSA) is 72.0 Å². The van der Waals surface area contributed by atoms with Gasteiger partial charge >= 0.3 is 0 Å². The highest BCUT2D eigenvalue weighted by Gasteiger charge is 2.21. The van der Waals surface area contributed by atoms with Gasteiger partial charge in [0.2, 0.25) is 5.91 Å². The summed E-state index contributed by atoms with van der Waals surface area (Å²) in [5.41, 5.74) is 1.49. The van der Waals surface area contributed by atoms with Gasteiger partial charge in [0.1, 0.15) is 5.82 Å². The van der Waals surface area contributed by atoms with Gasteiger partial charge in [0.05, 0.1) is 18.8 Å². The Morgan fingerprint density at radius 3 is 2.42 bits per heavy atom. The smallest absolute Gasteiger partial charge is 0.234 e. The van der Waals surface area contributed by atoms with Gasteiger partial charge in [-0.2, -0.15) is 0 Å². The maximum atomic E-state index is 14.6. The monoisotopic (exact) mass is 576 g/mol. The molecule has 0 aliphatic carbocycles. The third-order valence-corrected chi connectivity index (χ3v) is 5.75. The molecular weight excluding hydrogens is 534 g/mol. The lowest BCUT2D eigenvalue weighted by atomic mass is 10.1. The summed E-state index contributed by atoms with van der Waals surface area (Å²) < 4.78 is 14.6. The summed E-state index contributed by atoms with van der Waals surface area (Å²) in [6.45, 7) is 13.9. The average Bonchev–Trinajstić information content (AvgIpc) is 2.79. The maximum absolute atomic E-state index is 14.6. The van der Waals surface area contributed by atoms with Gasteiger partial charge in [-0.1, -0.05) is 13.0 Å². The van der Waals surface area contributed by atoms with Gasteiger partial charge in [-0.25, -0.2) is 9.38 Å². The van der Waals surface area contributed by atoms with Crippen LogP contribution in [0.4, 0.5) is 10.1 Å².